The van der Waals surface area contributed by atoms with Crippen LogP contribution in [0.2, 0.25) is 0 Å². The second-order valence-electron chi connectivity index (χ2n) is 6.00. The lowest BCUT2D eigenvalue weighted by Crippen LogP contribution is -2.32. The Kier molecular flexibility index (Phi) is 5.06. The normalized spacial score (nSPS) is 15.9. The van der Waals surface area contributed by atoms with Crippen LogP contribution in [0.25, 0.3) is 0 Å². The largest absolute Gasteiger partial charge is 0.378 e. The molecule has 118 valence electrons. The van der Waals surface area contributed by atoms with Crippen molar-refractivity contribution in [2.45, 2.75) is 39.3 Å². The van der Waals surface area contributed by atoms with Gasteiger partial charge in [0.25, 0.3) is 0 Å². The van der Waals surface area contributed by atoms with Gasteiger partial charge in [0.2, 0.25) is 0 Å². The minimum atomic E-state index is 0.789. The number of pyridine rings is 1. The summed E-state index contributed by atoms with van der Waals surface area (Å²) in [6.45, 7) is 7.38. The standard InChI is InChI=1S/C17H25N5/c1-15-16(6-5-7-18-15)12-19-17-13-20-22(14-17)11-10-21-8-3-2-4-9-21/h5-7,13-14,19H,2-4,8-12H2,1H3. The molecule has 1 saturated heterocycles. The highest BCUT2D eigenvalue weighted by atomic mass is 15.3. The average Bonchev–Trinajstić information content (AvgIpc) is 3.01. The predicted molar refractivity (Wildman–Crippen MR) is 88.8 cm³/mol. The van der Waals surface area contributed by atoms with E-state index in [-0.39, 0.29) is 0 Å². The number of hydrogen-bond acceptors (Lipinski definition) is 4. The number of anilines is 1. The summed E-state index contributed by atoms with van der Waals surface area (Å²) in [5.41, 5.74) is 3.37. The van der Waals surface area contributed by atoms with Gasteiger partial charge in [0.15, 0.2) is 0 Å². The SMILES string of the molecule is Cc1ncccc1CNc1cnn(CCN2CCCCC2)c1. The van der Waals surface area contributed by atoms with E-state index in [2.05, 4.69) is 32.6 Å². The first kappa shape index (κ1) is 15.0. The summed E-state index contributed by atoms with van der Waals surface area (Å²) in [5, 5.41) is 7.87. The molecule has 0 atom stereocenters. The number of rotatable bonds is 6. The second-order valence-corrected chi connectivity index (χ2v) is 6.00. The number of aromatic nitrogens is 3. The third-order valence-electron chi connectivity index (χ3n) is 4.33. The van der Waals surface area contributed by atoms with E-state index in [9.17, 15) is 0 Å². The molecule has 2 aromatic rings. The fraction of sp³-hybridized carbons (Fsp3) is 0.529. The van der Waals surface area contributed by atoms with Crippen molar-refractivity contribution in [3.63, 3.8) is 0 Å². The van der Waals surface area contributed by atoms with Crippen molar-refractivity contribution in [2.24, 2.45) is 0 Å². The smallest absolute Gasteiger partial charge is 0.0729 e. The molecule has 0 aromatic carbocycles. The van der Waals surface area contributed by atoms with Gasteiger partial charge in [-0.3, -0.25) is 9.67 Å². The van der Waals surface area contributed by atoms with Gasteiger partial charge in [-0.25, -0.2) is 0 Å². The Bertz CT molecular complexity index is 586. The molecule has 1 fully saturated rings. The Morgan fingerprint density at radius 3 is 2.86 bits per heavy atom. The highest BCUT2D eigenvalue weighted by Crippen LogP contribution is 2.11. The summed E-state index contributed by atoms with van der Waals surface area (Å²) < 4.78 is 2.03. The van der Waals surface area contributed by atoms with Crippen molar-refractivity contribution >= 4 is 5.69 Å². The number of piperidine rings is 1. The van der Waals surface area contributed by atoms with Gasteiger partial charge in [0.05, 0.1) is 18.4 Å². The Balaban J connectivity index is 1.47. The van der Waals surface area contributed by atoms with Crippen molar-refractivity contribution in [3.05, 3.63) is 42.0 Å². The van der Waals surface area contributed by atoms with Crippen LogP contribution in [0, 0.1) is 6.92 Å². The third-order valence-corrected chi connectivity index (χ3v) is 4.33. The topological polar surface area (TPSA) is 46.0 Å². The summed E-state index contributed by atoms with van der Waals surface area (Å²) in [6.07, 6.45) is 9.90. The lowest BCUT2D eigenvalue weighted by molar-refractivity contribution is 0.218. The summed E-state index contributed by atoms with van der Waals surface area (Å²) in [5.74, 6) is 0. The van der Waals surface area contributed by atoms with Gasteiger partial charge in [0.1, 0.15) is 0 Å². The molecule has 1 aliphatic rings. The monoisotopic (exact) mass is 299 g/mol. The van der Waals surface area contributed by atoms with Crippen molar-refractivity contribution in [1.29, 1.82) is 0 Å². The van der Waals surface area contributed by atoms with Crippen LogP contribution in [0.1, 0.15) is 30.5 Å². The maximum atomic E-state index is 4.45. The third kappa shape index (κ3) is 4.07. The van der Waals surface area contributed by atoms with E-state index >= 15 is 0 Å². The summed E-state index contributed by atoms with van der Waals surface area (Å²) in [7, 11) is 0. The maximum absolute atomic E-state index is 4.45. The molecule has 5 heteroatoms. The van der Waals surface area contributed by atoms with E-state index in [0.717, 1.165) is 31.0 Å². The fourth-order valence-corrected chi connectivity index (χ4v) is 2.91. The number of hydrogen-bond donors (Lipinski definition) is 1. The van der Waals surface area contributed by atoms with E-state index < -0.39 is 0 Å². The van der Waals surface area contributed by atoms with Crippen LogP contribution in [0.3, 0.4) is 0 Å². The molecule has 0 aliphatic carbocycles. The Morgan fingerprint density at radius 2 is 2.05 bits per heavy atom. The molecule has 0 amide bonds. The Morgan fingerprint density at radius 1 is 1.18 bits per heavy atom. The molecular formula is C17H25N5. The molecule has 0 unspecified atom stereocenters. The molecule has 1 aliphatic heterocycles. The first-order chi connectivity index (χ1) is 10.8. The molecular weight excluding hydrogens is 274 g/mol. The summed E-state index contributed by atoms with van der Waals surface area (Å²) in [6, 6.07) is 4.09. The zero-order chi connectivity index (χ0) is 15.2. The van der Waals surface area contributed by atoms with Gasteiger partial charge >= 0.3 is 0 Å². The van der Waals surface area contributed by atoms with Gasteiger partial charge in [-0.15, -0.1) is 0 Å². The highest BCUT2D eigenvalue weighted by Gasteiger charge is 2.09. The van der Waals surface area contributed by atoms with Gasteiger partial charge in [0, 0.05) is 31.2 Å². The number of likely N-dealkylation sites (tertiary alicyclic amines) is 1. The molecule has 2 aromatic heterocycles. The maximum Gasteiger partial charge on any atom is 0.0729 e. The lowest BCUT2D eigenvalue weighted by Gasteiger charge is -2.26. The zero-order valence-electron chi connectivity index (χ0n) is 13.3. The molecule has 0 spiro atoms. The highest BCUT2D eigenvalue weighted by molar-refractivity contribution is 5.39. The molecule has 1 N–H and O–H groups in total. The summed E-state index contributed by atoms with van der Waals surface area (Å²) in [4.78, 5) is 6.85. The van der Waals surface area contributed by atoms with E-state index in [0.29, 0.717) is 0 Å². The van der Waals surface area contributed by atoms with Crippen LogP contribution in [-0.4, -0.2) is 39.3 Å². The first-order valence-electron chi connectivity index (χ1n) is 8.20. The number of nitrogens with zero attached hydrogens (tertiary/aromatic N) is 4. The lowest BCUT2D eigenvalue weighted by atomic mass is 10.1. The fourth-order valence-electron chi connectivity index (χ4n) is 2.91. The van der Waals surface area contributed by atoms with Crippen LogP contribution in [0.15, 0.2) is 30.7 Å². The quantitative estimate of drug-likeness (QED) is 0.891. The van der Waals surface area contributed by atoms with Crippen molar-refractivity contribution < 1.29 is 0 Å². The van der Waals surface area contributed by atoms with Crippen LogP contribution >= 0.6 is 0 Å². The van der Waals surface area contributed by atoms with E-state index in [4.69, 9.17) is 0 Å². The van der Waals surface area contributed by atoms with Crippen LogP contribution in [0.4, 0.5) is 5.69 Å². The second kappa shape index (κ2) is 7.40. The zero-order valence-corrected chi connectivity index (χ0v) is 13.3. The van der Waals surface area contributed by atoms with E-state index in [1.807, 2.05) is 30.1 Å². The minimum Gasteiger partial charge on any atom is -0.378 e. The average molecular weight is 299 g/mol. The first-order valence-corrected chi connectivity index (χ1v) is 8.20. The Labute approximate surface area is 132 Å². The Hall–Kier alpha value is -1.88. The molecule has 22 heavy (non-hydrogen) atoms. The number of aryl methyl sites for hydroxylation is 1. The van der Waals surface area contributed by atoms with Gasteiger partial charge < -0.3 is 10.2 Å². The molecule has 0 bridgehead atoms. The van der Waals surface area contributed by atoms with Crippen molar-refractivity contribution in [2.75, 3.05) is 25.0 Å². The molecule has 3 heterocycles. The van der Waals surface area contributed by atoms with Gasteiger partial charge in [-0.05, 0) is 44.5 Å². The van der Waals surface area contributed by atoms with Gasteiger partial charge in [-0.2, -0.15) is 5.10 Å². The predicted octanol–water partition coefficient (Wildman–Crippen LogP) is 2.68. The molecule has 0 saturated carbocycles. The van der Waals surface area contributed by atoms with Crippen LogP contribution < -0.4 is 5.32 Å². The van der Waals surface area contributed by atoms with Crippen molar-refractivity contribution in [1.82, 2.24) is 19.7 Å². The van der Waals surface area contributed by atoms with E-state index in [1.165, 1.54) is 37.9 Å². The molecule has 5 nitrogen and oxygen atoms in total. The van der Waals surface area contributed by atoms with Crippen LogP contribution in [-0.2, 0) is 13.1 Å². The molecule has 0 radical (unpaired) electrons. The van der Waals surface area contributed by atoms with Crippen LogP contribution in [0.5, 0.6) is 0 Å². The van der Waals surface area contributed by atoms with Gasteiger partial charge in [-0.1, -0.05) is 12.5 Å². The van der Waals surface area contributed by atoms with Crippen molar-refractivity contribution in [3.8, 4) is 0 Å². The van der Waals surface area contributed by atoms with E-state index in [1.54, 1.807) is 0 Å². The summed E-state index contributed by atoms with van der Waals surface area (Å²) >= 11 is 0. The minimum absolute atomic E-state index is 0.789. The number of nitrogens with one attached hydrogen (secondary N) is 1. The molecule has 3 rings (SSSR count).